The van der Waals surface area contributed by atoms with Gasteiger partial charge in [-0.2, -0.15) is 0 Å². The van der Waals surface area contributed by atoms with Crippen molar-refractivity contribution < 1.29 is 9.59 Å². The SMILES string of the molecule is Cc1ccc2c(c1)CC1(Cc3cc(C)ccc3NC1=O)C(=O)N2. The maximum absolute atomic E-state index is 12.8. The molecule has 2 N–H and O–H groups in total. The van der Waals surface area contributed by atoms with Crippen LogP contribution in [0.1, 0.15) is 22.3 Å². The summed E-state index contributed by atoms with van der Waals surface area (Å²) >= 11 is 0. The lowest BCUT2D eigenvalue weighted by molar-refractivity contribution is -0.138. The van der Waals surface area contributed by atoms with E-state index in [1.54, 1.807) is 0 Å². The smallest absolute Gasteiger partial charge is 0.240 e. The van der Waals surface area contributed by atoms with Crippen LogP contribution in [0.15, 0.2) is 36.4 Å². The Morgan fingerprint density at radius 2 is 1.22 bits per heavy atom. The van der Waals surface area contributed by atoms with Gasteiger partial charge >= 0.3 is 0 Å². The molecule has 0 saturated carbocycles. The van der Waals surface area contributed by atoms with Gasteiger partial charge in [0.2, 0.25) is 11.8 Å². The van der Waals surface area contributed by atoms with Crippen LogP contribution in [0.5, 0.6) is 0 Å². The molecule has 4 heteroatoms. The number of carbonyl (C=O) groups is 2. The van der Waals surface area contributed by atoms with Gasteiger partial charge in [0, 0.05) is 11.4 Å². The fourth-order valence-corrected chi connectivity index (χ4v) is 3.60. The summed E-state index contributed by atoms with van der Waals surface area (Å²) in [5, 5.41) is 5.85. The van der Waals surface area contributed by atoms with E-state index < -0.39 is 5.41 Å². The lowest BCUT2D eigenvalue weighted by Crippen LogP contribution is -2.53. The molecular formula is C19H18N2O2. The highest BCUT2D eigenvalue weighted by Crippen LogP contribution is 2.42. The van der Waals surface area contributed by atoms with Crippen molar-refractivity contribution in [3.8, 4) is 0 Å². The maximum Gasteiger partial charge on any atom is 0.240 e. The Bertz CT molecular complexity index is 783. The van der Waals surface area contributed by atoms with E-state index in [0.29, 0.717) is 12.8 Å². The Hall–Kier alpha value is -2.62. The summed E-state index contributed by atoms with van der Waals surface area (Å²) in [6, 6.07) is 11.9. The highest BCUT2D eigenvalue weighted by molar-refractivity contribution is 6.17. The Balaban J connectivity index is 1.81. The quantitative estimate of drug-likeness (QED) is 0.735. The molecular weight excluding hydrogens is 288 g/mol. The molecule has 0 saturated heterocycles. The fourth-order valence-electron chi connectivity index (χ4n) is 3.60. The summed E-state index contributed by atoms with van der Waals surface area (Å²) in [6.07, 6.45) is 0.879. The summed E-state index contributed by atoms with van der Waals surface area (Å²) in [5.41, 5.74) is 4.88. The van der Waals surface area contributed by atoms with E-state index in [1.807, 2.05) is 38.1 Å². The molecule has 1 spiro atoms. The van der Waals surface area contributed by atoms with E-state index in [4.69, 9.17) is 0 Å². The van der Waals surface area contributed by atoms with Gasteiger partial charge in [0.25, 0.3) is 0 Å². The zero-order chi connectivity index (χ0) is 16.2. The third-order valence-corrected chi connectivity index (χ3v) is 4.87. The first kappa shape index (κ1) is 14.0. The van der Waals surface area contributed by atoms with Crippen molar-refractivity contribution in [3.63, 3.8) is 0 Å². The molecule has 2 aliphatic rings. The van der Waals surface area contributed by atoms with Gasteiger partial charge in [-0.25, -0.2) is 0 Å². The number of benzene rings is 2. The predicted octanol–water partition coefficient (Wildman–Crippen LogP) is 2.98. The van der Waals surface area contributed by atoms with Crippen LogP contribution < -0.4 is 10.6 Å². The van der Waals surface area contributed by atoms with Gasteiger partial charge in [0.1, 0.15) is 5.41 Å². The van der Waals surface area contributed by atoms with Crippen LogP contribution in [0.4, 0.5) is 11.4 Å². The molecule has 2 heterocycles. The summed E-state index contributed by atoms with van der Waals surface area (Å²) < 4.78 is 0. The molecule has 0 radical (unpaired) electrons. The van der Waals surface area contributed by atoms with Crippen LogP contribution in [-0.4, -0.2) is 11.8 Å². The average Bonchev–Trinajstić information content (AvgIpc) is 2.50. The number of anilines is 2. The molecule has 116 valence electrons. The first-order chi connectivity index (χ1) is 11.0. The number of rotatable bonds is 0. The molecule has 23 heavy (non-hydrogen) atoms. The van der Waals surface area contributed by atoms with Crippen molar-refractivity contribution in [2.45, 2.75) is 26.7 Å². The Morgan fingerprint density at radius 1 is 0.783 bits per heavy atom. The van der Waals surface area contributed by atoms with Gasteiger partial charge in [-0.1, -0.05) is 35.4 Å². The van der Waals surface area contributed by atoms with E-state index in [9.17, 15) is 9.59 Å². The first-order valence-corrected chi connectivity index (χ1v) is 7.80. The average molecular weight is 306 g/mol. The molecule has 0 bridgehead atoms. The molecule has 0 aliphatic carbocycles. The van der Waals surface area contributed by atoms with Crippen LogP contribution in [0.25, 0.3) is 0 Å². The molecule has 4 nitrogen and oxygen atoms in total. The number of amides is 2. The topological polar surface area (TPSA) is 58.2 Å². The van der Waals surface area contributed by atoms with E-state index in [0.717, 1.165) is 33.6 Å². The van der Waals surface area contributed by atoms with Crippen LogP contribution in [-0.2, 0) is 22.4 Å². The predicted molar refractivity (Wildman–Crippen MR) is 89.5 cm³/mol. The summed E-state index contributed by atoms with van der Waals surface area (Å²) in [7, 11) is 0. The maximum atomic E-state index is 12.8. The van der Waals surface area contributed by atoms with Crippen LogP contribution >= 0.6 is 0 Å². The summed E-state index contributed by atoms with van der Waals surface area (Å²) in [5.74, 6) is -0.419. The van der Waals surface area contributed by atoms with E-state index in [-0.39, 0.29) is 11.8 Å². The summed E-state index contributed by atoms with van der Waals surface area (Å²) in [4.78, 5) is 25.5. The Morgan fingerprint density at radius 3 is 1.65 bits per heavy atom. The third-order valence-electron chi connectivity index (χ3n) is 4.87. The second-order valence-electron chi connectivity index (χ2n) is 6.67. The van der Waals surface area contributed by atoms with Crippen molar-refractivity contribution in [1.29, 1.82) is 0 Å². The lowest BCUT2D eigenvalue weighted by Gasteiger charge is -2.39. The zero-order valence-corrected chi connectivity index (χ0v) is 13.2. The second kappa shape index (κ2) is 4.69. The van der Waals surface area contributed by atoms with Crippen molar-refractivity contribution >= 4 is 23.2 Å². The number of hydrogen-bond acceptors (Lipinski definition) is 2. The Kier molecular flexibility index (Phi) is 2.85. The molecule has 2 aromatic rings. The highest BCUT2D eigenvalue weighted by atomic mass is 16.2. The number of hydrogen-bond donors (Lipinski definition) is 2. The van der Waals surface area contributed by atoms with Crippen LogP contribution in [0.3, 0.4) is 0 Å². The fraction of sp³-hybridized carbons (Fsp3) is 0.263. The van der Waals surface area contributed by atoms with Gasteiger partial charge in [-0.15, -0.1) is 0 Å². The minimum atomic E-state index is -1.05. The number of carbonyl (C=O) groups excluding carboxylic acids is 2. The molecule has 2 amide bonds. The van der Waals surface area contributed by atoms with Gasteiger partial charge in [-0.3, -0.25) is 9.59 Å². The van der Waals surface area contributed by atoms with E-state index in [1.165, 1.54) is 0 Å². The monoisotopic (exact) mass is 306 g/mol. The van der Waals surface area contributed by atoms with Gasteiger partial charge in [0.05, 0.1) is 0 Å². The van der Waals surface area contributed by atoms with Crippen molar-refractivity contribution in [2.75, 3.05) is 10.6 Å². The van der Waals surface area contributed by atoms with Crippen LogP contribution in [0.2, 0.25) is 0 Å². The third kappa shape index (κ3) is 2.05. The van der Waals surface area contributed by atoms with Crippen LogP contribution in [0, 0.1) is 19.3 Å². The minimum absolute atomic E-state index is 0.210. The molecule has 2 aliphatic heterocycles. The number of fused-ring (bicyclic) bond motifs is 2. The van der Waals surface area contributed by atoms with Gasteiger partial charge < -0.3 is 10.6 Å². The van der Waals surface area contributed by atoms with Gasteiger partial charge in [-0.05, 0) is 49.9 Å². The largest absolute Gasteiger partial charge is 0.325 e. The summed E-state index contributed by atoms with van der Waals surface area (Å²) in [6.45, 7) is 4.03. The lowest BCUT2D eigenvalue weighted by atomic mass is 9.70. The molecule has 2 aromatic carbocycles. The van der Waals surface area contributed by atoms with Crippen molar-refractivity contribution in [3.05, 3.63) is 58.7 Å². The number of nitrogens with one attached hydrogen (secondary N) is 2. The standard InChI is InChI=1S/C19H18N2O2/c1-11-3-5-15-13(7-11)9-19(17(22)20-15)10-14-8-12(2)4-6-16(14)21-18(19)23/h3-8H,9-10H2,1-2H3,(H,20,22)(H,21,23). The van der Waals surface area contributed by atoms with Crippen molar-refractivity contribution in [1.82, 2.24) is 0 Å². The zero-order valence-electron chi connectivity index (χ0n) is 13.2. The van der Waals surface area contributed by atoms with Crippen molar-refractivity contribution in [2.24, 2.45) is 5.41 Å². The molecule has 4 rings (SSSR count). The second-order valence-corrected chi connectivity index (χ2v) is 6.67. The molecule has 0 aromatic heterocycles. The van der Waals surface area contributed by atoms with E-state index in [2.05, 4.69) is 22.8 Å². The van der Waals surface area contributed by atoms with E-state index >= 15 is 0 Å². The highest BCUT2D eigenvalue weighted by Gasteiger charge is 2.51. The normalized spacial score (nSPS) is 18.0. The molecule has 0 unspecified atom stereocenters. The first-order valence-electron chi connectivity index (χ1n) is 7.80. The number of aryl methyl sites for hydroxylation is 2. The van der Waals surface area contributed by atoms with Gasteiger partial charge in [0.15, 0.2) is 0 Å². The Labute approximate surface area is 134 Å². The minimum Gasteiger partial charge on any atom is -0.325 e. The molecule has 0 fully saturated rings. The molecule has 0 atom stereocenters.